The summed E-state index contributed by atoms with van der Waals surface area (Å²) in [7, 11) is 0. The topological polar surface area (TPSA) is 89.5 Å². The number of aryl methyl sites for hydroxylation is 1. The Bertz CT molecular complexity index is 997. The summed E-state index contributed by atoms with van der Waals surface area (Å²) in [4.78, 5) is 25.1. The maximum atomic E-state index is 12.8. The highest BCUT2D eigenvalue weighted by atomic mass is 16.6. The molecule has 0 saturated heterocycles. The predicted molar refractivity (Wildman–Crippen MR) is 99.4 cm³/mol. The number of aromatic nitrogens is 1. The first-order valence-corrected chi connectivity index (χ1v) is 8.70. The molecule has 1 aliphatic heterocycles. The van der Waals surface area contributed by atoms with Crippen molar-refractivity contribution in [3.63, 3.8) is 0 Å². The molecule has 0 radical (unpaired) electrons. The molecule has 0 saturated carbocycles. The molecule has 1 amide bonds. The van der Waals surface area contributed by atoms with Gasteiger partial charge in [0.25, 0.3) is 5.69 Å². The Balaban J connectivity index is 1.56. The molecule has 0 fully saturated rings. The number of amides is 1. The summed E-state index contributed by atoms with van der Waals surface area (Å²) < 4.78 is 5.35. The molecule has 2 aromatic carbocycles. The van der Waals surface area contributed by atoms with E-state index in [0.717, 1.165) is 24.0 Å². The van der Waals surface area contributed by atoms with E-state index in [1.807, 2.05) is 30.3 Å². The minimum absolute atomic E-state index is 0.0127. The lowest BCUT2D eigenvalue weighted by Crippen LogP contribution is -2.36. The fraction of sp³-hybridized carbons (Fsp3) is 0.200. The van der Waals surface area contributed by atoms with Crippen LogP contribution in [0.5, 0.6) is 0 Å². The fourth-order valence-electron chi connectivity index (χ4n) is 3.32. The van der Waals surface area contributed by atoms with Crippen LogP contribution in [0.2, 0.25) is 0 Å². The van der Waals surface area contributed by atoms with Crippen molar-refractivity contribution in [1.29, 1.82) is 0 Å². The molecule has 2 heterocycles. The van der Waals surface area contributed by atoms with Crippen molar-refractivity contribution in [1.82, 2.24) is 5.16 Å². The number of anilines is 1. The van der Waals surface area contributed by atoms with E-state index in [1.54, 1.807) is 17.0 Å². The number of nitro groups is 1. The van der Waals surface area contributed by atoms with Crippen molar-refractivity contribution < 1.29 is 14.2 Å². The minimum Gasteiger partial charge on any atom is -0.356 e. The second-order valence-electron chi connectivity index (χ2n) is 6.44. The third-order valence-corrected chi connectivity index (χ3v) is 4.65. The van der Waals surface area contributed by atoms with Gasteiger partial charge < -0.3 is 9.42 Å². The van der Waals surface area contributed by atoms with Crippen molar-refractivity contribution in [2.45, 2.75) is 19.3 Å². The third kappa shape index (κ3) is 3.44. The van der Waals surface area contributed by atoms with Crippen LogP contribution < -0.4 is 4.90 Å². The highest BCUT2D eigenvalue weighted by molar-refractivity contribution is 5.96. The molecule has 0 unspecified atom stereocenters. The molecule has 136 valence electrons. The number of nitrogens with zero attached hydrogens (tertiary/aromatic N) is 3. The Morgan fingerprint density at radius 3 is 2.78 bits per heavy atom. The molecule has 4 rings (SSSR count). The Morgan fingerprint density at radius 2 is 2.00 bits per heavy atom. The van der Waals surface area contributed by atoms with Crippen molar-refractivity contribution in [2.24, 2.45) is 0 Å². The van der Waals surface area contributed by atoms with Gasteiger partial charge in [0.2, 0.25) is 5.91 Å². The van der Waals surface area contributed by atoms with Crippen LogP contribution in [-0.4, -0.2) is 22.5 Å². The van der Waals surface area contributed by atoms with E-state index in [4.69, 9.17) is 4.52 Å². The lowest BCUT2D eigenvalue weighted by Gasteiger charge is -2.29. The maximum absolute atomic E-state index is 12.8. The Hall–Kier alpha value is -3.48. The van der Waals surface area contributed by atoms with Crippen molar-refractivity contribution in [2.75, 3.05) is 11.4 Å². The van der Waals surface area contributed by atoms with Crippen molar-refractivity contribution in [3.05, 3.63) is 76.0 Å². The number of carbonyl (C=O) groups is 1. The Kier molecular flexibility index (Phi) is 4.42. The van der Waals surface area contributed by atoms with Crippen LogP contribution in [0.4, 0.5) is 11.4 Å². The van der Waals surface area contributed by atoms with Crippen molar-refractivity contribution >= 4 is 17.3 Å². The van der Waals surface area contributed by atoms with E-state index in [1.165, 1.54) is 12.1 Å². The predicted octanol–water partition coefficient (Wildman–Crippen LogP) is 3.77. The van der Waals surface area contributed by atoms with Gasteiger partial charge in [-0.25, -0.2) is 0 Å². The van der Waals surface area contributed by atoms with Gasteiger partial charge in [-0.05, 0) is 18.4 Å². The smallest absolute Gasteiger partial charge is 0.271 e. The fourth-order valence-corrected chi connectivity index (χ4v) is 3.32. The van der Waals surface area contributed by atoms with Crippen LogP contribution in [0.3, 0.4) is 0 Å². The largest absolute Gasteiger partial charge is 0.356 e. The first-order valence-electron chi connectivity index (χ1n) is 8.70. The zero-order valence-electron chi connectivity index (χ0n) is 14.5. The van der Waals surface area contributed by atoms with Gasteiger partial charge in [-0.3, -0.25) is 14.9 Å². The summed E-state index contributed by atoms with van der Waals surface area (Å²) in [5, 5.41) is 15.1. The number of rotatable bonds is 4. The average Bonchev–Trinajstić information content (AvgIpc) is 3.16. The van der Waals surface area contributed by atoms with Crippen LogP contribution >= 0.6 is 0 Å². The van der Waals surface area contributed by atoms with Gasteiger partial charge >= 0.3 is 0 Å². The van der Waals surface area contributed by atoms with E-state index < -0.39 is 4.92 Å². The number of nitro benzene ring substituents is 1. The molecule has 0 atom stereocenters. The summed E-state index contributed by atoms with van der Waals surface area (Å²) in [6.45, 7) is 0.538. The van der Waals surface area contributed by atoms with Crippen LogP contribution in [0.25, 0.3) is 11.3 Å². The van der Waals surface area contributed by atoms with Crippen LogP contribution in [0.15, 0.2) is 59.1 Å². The first-order chi connectivity index (χ1) is 13.1. The number of carbonyl (C=O) groups excluding carboxylic acids is 1. The molecular formula is C20H17N3O4. The Morgan fingerprint density at radius 1 is 1.19 bits per heavy atom. The highest BCUT2D eigenvalue weighted by Crippen LogP contribution is 2.31. The van der Waals surface area contributed by atoms with Gasteiger partial charge in [-0.2, -0.15) is 0 Å². The minimum atomic E-state index is -0.443. The molecule has 7 heteroatoms. The number of non-ortho nitro benzene ring substituents is 1. The SMILES string of the molecule is O=C(Cc1cc(-c2ccccc2)on1)N1CCCc2ccc([N+](=O)[O-])cc21. The highest BCUT2D eigenvalue weighted by Gasteiger charge is 2.25. The molecule has 0 aliphatic carbocycles. The zero-order chi connectivity index (χ0) is 18.8. The molecule has 3 aromatic rings. The van der Waals surface area contributed by atoms with Gasteiger partial charge in [-0.1, -0.05) is 41.6 Å². The van der Waals surface area contributed by atoms with Crippen LogP contribution in [0, 0.1) is 10.1 Å². The second-order valence-corrected chi connectivity index (χ2v) is 6.44. The van der Waals surface area contributed by atoms with Gasteiger partial charge in [0.05, 0.1) is 22.7 Å². The Labute approximate surface area is 155 Å². The van der Waals surface area contributed by atoms with Gasteiger partial charge in [0, 0.05) is 30.3 Å². The average molecular weight is 363 g/mol. The zero-order valence-corrected chi connectivity index (χ0v) is 14.5. The monoisotopic (exact) mass is 363 g/mol. The number of fused-ring (bicyclic) bond motifs is 1. The van der Waals surface area contributed by atoms with Crippen LogP contribution in [0.1, 0.15) is 17.7 Å². The summed E-state index contributed by atoms with van der Waals surface area (Å²) in [6, 6.07) is 16.0. The van der Waals surface area contributed by atoms with Gasteiger partial charge in [-0.15, -0.1) is 0 Å². The van der Waals surface area contributed by atoms with E-state index >= 15 is 0 Å². The quantitative estimate of drug-likeness (QED) is 0.520. The summed E-state index contributed by atoms with van der Waals surface area (Å²) in [5.41, 5.74) is 2.98. The van der Waals surface area contributed by atoms with Crippen LogP contribution in [-0.2, 0) is 17.6 Å². The summed E-state index contributed by atoms with van der Waals surface area (Å²) in [5.74, 6) is 0.456. The summed E-state index contributed by atoms with van der Waals surface area (Å²) in [6.07, 6.45) is 1.71. The van der Waals surface area contributed by atoms with Crippen molar-refractivity contribution in [3.8, 4) is 11.3 Å². The maximum Gasteiger partial charge on any atom is 0.271 e. The molecule has 0 bridgehead atoms. The van der Waals surface area contributed by atoms with E-state index in [2.05, 4.69) is 5.16 Å². The van der Waals surface area contributed by atoms with E-state index in [9.17, 15) is 14.9 Å². The second kappa shape index (κ2) is 7.03. The number of benzene rings is 2. The third-order valence-electron chi connectivity index (χ3n) is 4.65. The molecule has 1 aliphatic rings. The standard InChI is InChI=1S/C20H17N3O4/c24-20(12-16-11-19(27-21-16)15-5-2-1-3-6-15)22-10-4-7-14-8-9-17(23(25)26)13-18(14)22/h1-3,5-6,8-9,11,13H,4,7,10,12H2. The van der Waals surface area contributed by atoms with Gasteiger partial charge in [0.15, 0.2) is 5.76 Å². The number of hydrogen-bond acceptors (Lipinski definition) is 5. The number of hydrogen-bond donors (Lipinski definition) is 0. The summed E-state index contributed by atoms with van der Waals surface area (Å²) >= 11 is 0. The molecule has 0 spiro atoms. The van der Waals surface area contributed by atoms with E-state index in [0.29, 0.717) is 23.7 Å². The lowest BCUT2D eigenvalue weighted by molar-refractivity contribution is -0.384. The molecule has 1 aromatic heterocycles. The molecular weight excluding hydrogens is 346 g/mol. The molecule has 7 nitrogen and oxygen atoms in total. The molecule has 27 heavy (non-hydrogen) atoms. The van der Waals surface area contributed by atoms with Gasteiger partial charge in [0.1, 0.15) is 0 Å². The molecule has 0 N–H and O–H groups in total. The van der Waals surface area contributed by atoms with E-state index in [-0.39, 0.29) is 18.0 Å². The first kappa shape index (κ1) is 17.0. The normalized spacial score (nSPS) is 13.3. The lowest BCUT2D eigenvalue weighted by atomic mass is 10.0.